The van der Waals surface area contributed by atoms with Crippen LogP contribution in [0, 0.1) is 12.8 Å². The van der Waals surface area contributed by atoms with Crippen molar-refractivity contribution < 1.29 is 4.79 Å². The third-order valence-electron chi connectivity index (χ3n) is 3.93. The minimum Gasteiger partial charge on any atom is -0.368 e. The fourth-order valence-corrected chi connectivity index (χ4v) is 2.39. The van der Waals surface area contributed by atoms with Crippen LogP contribution in [0.15, 0.2) is 24.8 Å². The highest BCUT2D eigenvalue weighted by molar-refractivity contribution is 5.79. The van der Waals surface area contributed by atoms with Crippen LogP contribution < -0.4 is 10.6 Å². The third-order valence-corrected chi connectivity index (χ3v) is 3.93. The Morgan fingerprint density at radius 1 is 1.32 bits per heavy atom. The zero-order valence-corrected chi connectivity index (χ0v) is 12.6. The lowest BCUT2D eigenvalue weighted by Gasteiger charge is -2.24. The quantitative estimate of drug-likeness (QED) is 0.786. The van der Waals surface area contributed by atoms with E-state index in [4.69, 9.17) is 0 Å². The molecule has 1 aliphatic rings. The van der Waals surface area contributed by atoms with Gasteiger partial charge in [0.1, 0.15) is 23.8 Å². The standard InChI is InChI=1S/C15H20N6O/c1-11-16-7-8-21(11)14-9-13(19-10-20-14)17-5-6-18-15(22)12-3-2-4-12/h7-10,12H,2-6H2,1H3,(H,18,22)(H,17,19,20). The molecule has 22 heavy (non-hydrogen) atoms. The monoisotopic (exact) mass is 300 g/mol. The van der Waals surface area contributed by atoms with E-state index in [0.29, 0.717) is 13.1 Å². The molecule has 2 aromatic rings. The van der Waals surface area contributed by atoms with Crippen molar-refractivity contribution in [2.24, 2.45) is 5.92 Å². The van der Waals surface area contributed by atoms with Gasteiger partial charge in [-0.1, -0.05) is 6.42 Å². The molecular formula is C15H20N6O. The summed E-state index contributed by atoms with van der Waals surface area (Å²) in [6.07, 6.45) is 8.34. The number of imidazole rings is 1. The smallest absolute Gasteiger partial charge is 0.223 e. The van der Waals surface area contributed by atoms with E-state index in [1.165, 1.54) is 12.7 Å². The molecule has 1 saturated carbocycles. The molecule has 7 heteroatoms. The van der Waals surface area contributed by atoms with E-state index < -0.39 is 0 Å². The summed E-state index contributed by atoms with van der Waals surface area (Å²) in [4.78, 5) is 24.3. The number of nitrogens with one attached hydrogen (secondary N) is 2. The van der Waals surface area contributed by atoms with Gasteiger partial charge in [-0.05, 0) is 19.8 Å². The number of hydrogen-bond acceptors (Lipinski definition) is 5. The Labute approximate surface area is 129 Å². The van der Waals surface area contributed by atoms with E-state index in [1.54, 1.807) is 6.20 Å². The predicted octanol–water partition coefficient (Wildman–Crippen LogP) is 1.30. The van der Waals surface area contributed by atoms with Crippen molar-refractivity contribution in [3.8, 4) is 5.82 Å². The van der Waals surface area contributed by atoms with Crippen molar-refractivity contribution in [2.75, 3.05) is 18.4 Å². The summed E-state index contributed by atoms with van der Waals surface area (Å²) in [5.41, 5.74) is 0. The molecule has 7 nitrogen and oxygen atoms in total. The van der Waals surface area contributed by atoms with Gasteiger partial charge in [-0.2, -0.15) is 0 Å². The fourth-order valence-electron chi connectivity index (χ4n) is 2.39. The number of amides is 1. The molecule has 0 aliphatic heterocycles. The number of nitrogens with zero attached hydrogens (tertiary/aromatic N) is 4. The highest BCUT2D eigenvalue weighted by atomic mass is 16.1. The molecular weight excluding hydrogens is 280 g/mol. The lowest BCUT2D eigenvalue weighted by molar-refractivity contribution is -0.127. The molecule has 0 aromatic carbocycles. The van der Waals surface area contributed by atoms with Gasteiger partial charge < -0.3 is 10.6 Å². The van der Waals surface area contributed by atoms with Crippen LogP contribution in [-0.2, 0) is 4.79 Å². The van der Waals surface area contributed by atoms with Crippen LogP contribution in [0.1, 0.15) is 25.1 Å². The first-order valence-corrected chi connectivity index (χ1v) is 7.58. The van der Waals surface area contributed by atoms with Crippen LogP contribution >= 0.6 is 0 Å². The van der Waals surface area contributed by atoms with E-state index in [1.807, 2.05) is 23.8 Å². The first-order chi connectivity index (χ1) is 10.7. The molecule has 2 N–H and O–H groups in total. The lowest BCUT2D eigenvalue weighted by Crippen LogP contribution is -2.36. The van der Waals surface area contributed by atoms with Crippen LogP contribution in [0.25, 0.3) is 5.82 Å². The summed E-state index contributed by atoms with van der Waals surface area (Å²) in [7, 11) is 0. The zero-order valence-electron chi connectivity index (χ0n) is 12.6. The minimum absolute atomic E-state index is 0.172. The first-order valence-electron chi connectivity index (χ1n) is 7.58. The Morgan fingerprint density at radius 3 is 2.86 bits per heavy atom. The molecule has 1 aliphatic carbocycles. The molecule has 2 heterocycles. The van der Waals surface area contributed by atoms with Crippen molar-refractivity contribution in [2.45, 2.75) is 26.2 Å². The highest BCUT2D eigenvalue weighted by Gasteiger charge is 2.24. The van der Waals surface area contributed by atoms with Gasteiger partial charge in [-0.25, -0.2) is 15.0 Å². The van der Waals surface area contributed by atoms with Crippen LogP contribution in [0.2, 0.25) is 0 Å². The van der Waals surface area contributed by atoms with Crippen LogP contribution in [0.4, 0.5) is 5.82 Å². The third kappa shape index (κ3) is 3.24. The molecule has 0 bridgehead atoms. The van der Waals surface area contributed by atoms with Gasteiger partial charge >= 0.3 is 0 Å². The molecule has 116 valence electrons. The second-order valence-corrected chi connectivity index (χ2v) is 5.45. The topological polar surface area (TPSA) is 84.7 Å². The lowest BCUT2D eigenvalue weighted by atomic mass is 9.85. The highest BCUT2D eigenvalue weighted by Crippen LogP contribution is 2.25. The number of hydrogen-bond donors (Lipinski definition) is 2. The molecule has 3 rings (SSSR count). The molecule has 0 radical (unpaired) electrons. The molecule has 0 unspecified atom stereocenters. The Bertz CT molecular complexity index is 649. The molecule has 0 spiro atoms. The van der Waals surface area contributed by atoms with E-state index in [9.17, 15) is 4.79 Å². The van der Waals surface area contributed by atoms with Crippen molar-refractivity contribution in [3.05, 3.63) is 30.6 Å². The van der Waals surface area contributed by atoms with E-state index >= 15 is 0 Å². The maximum atomic E-state index is 11.7. The van der Waals surface area contributed by atoms with Crippen molar-refractivity contribution >= 4 is 11.7 Å². The summed E-state index contributed by atoms with van der Waals surface area (Å²) in [6.45, 7) is 3.15. The number of aryl methyl sites for hydroxylation is 1. The molecule has 2 aromatic heterocycles. The van der Waals surface area contributed by atoms with E-state index in [0.717, 1.165) is 30.3 Å². The molecule has 1 fully saturated rings. The van der Waals surface area contributed by atoms with Gasteiger partial charge in [-0.3, -0.25) is 9.36 Å². The van der Waals surface area contributed by atoms with Gasteiger partial charge in [0.05, 0.1) is 0 Å². The second kappa shape index (κ2) is 6.55. The predicted molar refractivity (Wildman–Crippen MR) is 82.7 cm³/mol. The minimum atomic E-state index is 0.172. The Hall–Kier alpha value is -2.44. The first kappa shape index (κ1) is 14.5. The van der Waals surface area contributed by atoms with Crippen LogP contribution in [-0.4, -0.2) is 38.5 Å². The molecule has 0 saturated heterocycles. The summed E-state index contributed by atoms with van der Waals surface area (Å²) in [5.74, 6) is 2.78. The zero-order chi connectivity index (χ0) is 15.4. The Balaban J connectivity index is 1.50. The summed E-state index contributed by atoms with van der Waals surface area (Å²) < 4.78 is 1.89. The number of carbonyl (C=O) groups is 1. The largest absolute Gasteiger partial charge is 0.368 e. The number of anilines is 1. The van der Waals surface area contributed by atoms with Crippen molar-refractivity contribution in [3.63, 3.8) is 0 Å². The van der Waals surface area contributed by atoms with E-state index in [2.05, 4.69) is 25.6 Å². The molecule has 1 amide bonds. The maximum Gasteiger partial charge on any atom is 0.223 e. The maximum absolute atomic E-state index is 11.7. The Morgan fingerprint density at radius 2 is 2.18 bits per heavy atom. The number of carbonyl (C=O) groups excluding carboxylic acids is 1. The van der Waals surface area contributed by atoms with Crippen molar-refractivity contribution in [1.82, 2.24) is 24.8 Å². The van der Waals surface area contributed by atoms with Gasteiger partial charge in [-0.15, -0.1) is 0 Å². The molecule has 0 atom stereocenters. The SMILES string of the molecule is Cc1nccn1-c1cc(NCCNC(=O)C2CCC2)ncn1. The van der Waals surface area contributed by atoms with Gasteiger partial charge in [0.25, 0.3) is 0 Å². The van der Waals surface area contributed by atoms with Crippen LogP contribution in [0.5, 0.6) is 0 Å². The summed E-state index contributed by atoms with van der Waals surface area (Å²) in [5, 5.41) is 6.14. The Kier molecular flexibility index (Phi) is 4.32. The second-order valence-electron chi connectivity index (χ2n) is 5.45. The fraction of sp³-hybridized carbons (Fsp3) is 0.467. The number of aromatic nitrogens is 4. The normalized spacial score (nSPS) is 14.4. The van der Waals surface area contributed by atoms with Crippen LogP contribution in [0.3, 0.4) is 0 Å². The van der Waals surface area contributed by atoms with Crippen molar-refractivity contribution in [1.29, 1.82) is 0 Å². The average Bonchev–Trinajstić information content (AvgIpc) is 2.88. The van der Waals surface area contributed by atoms with Gasteiger partial charge in [0.2, 0.25) is 5.91 Å². The number of rotatable bonds is 6. The average molecular weight is 300 g/mol. The summed E-state index contributed by atoms with van der Waals surface area (Å²) in [6, 6.07) is 1.86. The van der Waals surface area contributed by atoms with Gasteiger partial charge in [0, 0.05) is 37.5 Å². The van der Waals surface area contributed by atoms with Gasteiger partial charge in [0.15, 0.2) is 0 Å². The summed E-state index contributed by atoms with van der Waals surface area (Å²) >= 11 is 0. The van der Waals surface area contributed by atoms with E-state index in [-0.39, 0.29) is 11.8 Å².